The van der Waals surface area contributed by atoms with E-state index in [-0.39, 0.29) is 14.9 Å². The van der Waals surface area contributed by atoms with Gasteiger partial charge in [-0.2, -0.15) is 11.8 Å². The van der Waals surface area contributed by atoms with E-state index in [0.29, 0.717) is 29.3 Å². The molecule has 1 aliphatic rings. The van der Waals surface area contributed by atoms with E-state index in [0.717, 1.165) is 16.7 Å². The molecule has 0 radical (unpaired) electrons. The van der Waals surface area contributed by atoms with Crippen molar-refractivity contribution in [2.24, 2.45) is 0 Å². The lowest BCUT2D eigenvalue weighted by Crippen LogP contribution is -2.44. The summed E-state index contributed by atoms with van der Waals surface area (Å²) in [6.07, 6.45) is 3.67. The van der Waals surface area contributed by atoms with Crippen LogP contribution in [0.1, 0.15) is 12.2 Å². The summed E-state index contributed by atoms with van der Waals surface area (Å²) in [5, 5.41) is 20.3. The smallest absolute Gasteiger partial charge is 0.326 e. The second kappa shape index (κ2) is 9.45. The monoisotopic (exact) mass is 464 g/mol. The van der Waals surface area contributed by atoms with Crippen LogP contribution >= 0.6 is 35.7 Å². The number of nitro benzene ring substituents is 1. The van der Waals surface area contributed by atoms with Crippen molar-refractivity contribution >= 4 is 63.7 Å². The molecule has 0 aliphatic carbocycles. The van der Waals surface area contributed by atoms with Crippen LogP contribution in [0, 0.1) is 10.1 Å². The first-order valence-corrected chi connectivity index (χ1v) is 11.3. The Morgan fingerprint density at radius 2 is 2.07 bits per heavy atom. The maximum absolute atomic E-state index is 12.8. The highest BCUT2D eigenvalue weighted by Gasteiger charge is 2.40. The minimum atomic E-state index is -1.10. The zero-order valence-electron chi connectivity index (χ0n) is 15.6. The predicted molar refractivity (Wildman–Crippen MR) is 120 cm³/mol. The fourth-order valence-electron chi connectivity index (χ4n) is 2.80. The van der Waals surface area contributed by atoms with Crippen LogP contribution in [-0.2, 0) is 9.59 Å². The number of carbonyl (C=O) groups excluding carboxylic acids is 1. The molecule has 1 unspecified atom stereocenters. The standard InChI is InChI=1S/C19H16N2O6S3/c1-29-9-8-14(18(23)24)20-17(22)16(30-19(20)28)10-13-6-7-15(27-13)11-2-4-12(5-3-11)21(25)26/h2-7,10,14H,8-9H2,1H3,(H,23,24)/b16-10-. The number of hydrogen-bond donors (Lipinski definition) is 1. The molecular formula is C19H16N2O6S3. The molecule has 1 amide bonds. The van der Waals surface area contributed by atoms with E-state index in [1.807, 2.05) is 6.26 Å². The minimum absolute atomic E-state index is 0.0244. The third-order valence-electron chi connectivity index (χ3n) is 4.28. The molecule has 0 bridgehead atoms. The van der Waals surface area contributed by atoms with Crippen molar-refractivity contribution in [3.63, 3.8) is 0 Å². The Morgan fingerprint density at radius 1 is 1.37 bits per heavy atom. The van der Waals surface area contributed by atoms with Crippen molar-refractivity contribution in [2.75, 3.05) is 12.0 Å². The Morgan fingerprint density at radius 3 is 2.67 bits per heavy atom. The molecule has 156 valence electrons. The molecule has 1 aromatic heterocycles. The van der Waals surface area contributed by atoms with Gasteiger partial charge in [-0.3, -0.25) is 19.8 Å². The van der Waals surface area contributed by atoms with Gasteiger partial charge in [-0.25, -0.2) is 4.79 Å². The SMILES string of the molecule is CSCCC(C(=O)O)N1C(=O)/C(=C/c2ccc(-c3ccc([N+](=O)[O-])cc3)o2)SC1=S. The van der Waals surface area contributed by atoms with Gasteiger partial charge in [-0.1, -0.05) is 24.0 Å². The van der Waals surface area contributed by atoms with Crippen LogP contribution in [0.25, 0.3) is 17.4 Å². The fraction of sp³-hybridized carbons (Fsp3) is 0.211. The summed E-state index contributed by atoms with van der Waals surface area (Å²) in [6, 6.07) is 8.24. The number of aliphatic carboxylic acids is 1. The number of furan rings is 1. The van der Waals surface area contributed by atoms with Crippen molar-refractivity contribution in [1.29, 1.82) is 0 Å². The van der Waals surface area contributed by atoms with Gasteiger partial charge in [0.2, 0.25) is 0 Å². The van der Waals surface area contributed by atoms with Gasteiger partial charge < -0.3 is 9.52 Å². The molecule has 8 nitrogen and oxygen atoms in total. The predicted octanol–water partition coefficient (Wildman–Crippen LogP) is 4.26. The number of thiocarbonyl (C=S) groups is 1. The molecule has 2 heterocycles. The molecule has 1 N–H and O–H groups in total. The van der Waals surface area contributed by atoms with Crippen LogP contribution in [0.15, 0.2) is 45.7 Å². The molecular weight excluding hydrogens is 448 g/mol. The molecule has 0 saturated carbocycles. The zero-order valence-corrected chi connectivity index (χ0v) is 18.1. The van der Waals surface area contributed by atoms with Crippen molar-refractivity contribution in [3.05, 3.63) is 57.2 Å². The van der Waals surface area contributed by atoms with Gasteiger partial charge in [0.05, 0.1) is 9.83 Å². The summed E-state index contributed by atoms with van der Waals surface area (Å²) in [7, 11) is 0. The van der Waals surface area contributed by atoms with E-state index < -0.39 is 22.8 Å². The third kappa shape index (κ3) is 4.74. The van der Waals surface area contributed by atoms with Crippen LogP contribution in [0.5, 0.6) is 0 Å². The maximum atomic E-state index is 12.8. The van der Waals surface area contributed by atoms with Crippen molar-refractivity contribution in [1.82, 2.24) is 4.90 Å². The van der Waals surface area contributed by atoms with Gasteiger partial charge in [-0.05, 0) is 42.7 Å². The van der Waals surface area contributed by atoms with E-state index in [2.05, 4.69) is 0 Å². The second-order valence-electron chi connectivity index (χ2n) is 6.19. The molecule has 1 aromatic carbocycles. The average molecular weight is 465 g/mol. The number of carboxylic acids is 1. The number of benzene rings is 1. The number of nitro groups is 1. The van der Waals surface area contributed by atoms with E-state index in [4.69, 9.17) is 16.6 Å². The number of amides is 1. The highest BCUT2D eigenvalue weighted by atomic mass is 32.2. The molecule has 30 heavy (non-hydrogen) atoms. The molecule has 2 aromatic rings. The minimum Gasteiger partial charge on any atom is -0.480 e. The number of carboxylic acid groups (broad SMARTS) is 1. The molecule has 11 heteroatoms. The lowest BCUT2D eigenvalue weighted by atomic mass is 10.1. The first kappa shape index (κ1) is 22.1. The quantitative estimate of drug-likeness (QED) is 0.265. The Balaban J connectivity index is 1.80. The molecule has 1 saturated heterocycles. The fourth-order valence-corrected chi connectivity index (χ4v) is 4.60. The summed E-state index contributed by atoms with van der Waals surface area (Å²) < 4.78 is 5.93. The lowest BCUT2D eigenvalue weighted by molar-refractivity contribution is -0.384. The second-order valence-corrected chi connectivity index (χ2v) is 8.85. The van der Waals surface area contributed by atoms with E-state index in [9.17, 15) is 24.8 Å². The van der Waals surface area contributed by atoms with E-state index in [1.165, 1.54) is 30.0 Å². The lowest BCUT2D eigenvalue weighted by Gasteiger charge is -2.22. The summed E-state index contributed by atoms with van der Waals surface area (Å²) in [5.74, 6) is -0.106. The van der Waals surface area contributed by atoms with Crippen LogP contribution in [-0.4, -0.2) is 49.2 Å². The number of hydrogen-bond acceptors (Lipinski definition) is 8. The van der Waals surface area contributed by atoms with Gasteiger partial charge in [0.15, 0.2) is 0 Å². The average Bonchev–Trinajstić information content (AvgIpc) is 3.28. The number of carbonyl (C=O) groups is 2. The van der Waals surface area contributed by atoms with Crippen LogP contribution in [0.2, 0.25) is 0 Å². The van der Waals surface area contributed by atoms with Gasteiger partial charge in [0.1, 0.15) is 21.9 Å². The summed E-state index contributed by atoms with van der Waals surface area (Å²) in [4.78, 5) is 36.1. The van der Waals surface area contributed by atoms with Crippen LogP contribution < -0.4 is 0 Å². The molecule has 0 spiro atoms. The number of rotatable bonds is 8. The number of thioether (sulfide) groups is 2. The van der Waals surface area contributed by atoms with Crippen molar-refractivity contribution in [2.45, 2.75) is 12.5 Å². The van der Waals surface area contributed by atoms with Gasteiger partial charge in [0, 0.05) is 23.8 Å². The van der Waals surface area contributed by atoms with Gasteiger partial charge >= 0.3 is 5.97 Å². The third-order valence-corrected chi connectivity index (χ3v) is 6.25. The van der Waals surface area contributed by atoms with Crippen LogP contribution in [0.4, 0.5) is 5.69 Å². The maximum Gasteiger partial charge on any atom is 0.326 e. The molecule has 1 atom stereocenters. The Labute approximate surface area is 185 Å². The van der Waals surface area contributed by atoms with Gasteiger partial charge in [0.25, 0.3) is 11.6 Å². The topological polar surface area (TPSA) is 114 Å². The van der Waals surface area contributed by atoms with Crippen molar-refractivity contribution < 1.29 is 24.0 Å². The Hall–Kier alpha value is -2.63. The van der Waals surface area contributed by atoms with Gasteiger partial charge in [-0.15, -0.1) is 0 Å². The zero-order chi connectivity index (χ0) is 21.8. The van der Waals surface area contributed by atoms with Crippen molar-refractivity contribution in [3.8, 4) is 11.3 Å². The normalized spacial score (nSPS) is 16.3. The molecule has 1 fully saturated rings. The van der Waals surface area contributed by atoms with E-state index >= 15 is 0 Å². The summed E-state index contributed by atoms with van der Waals surface area (Å²) in [6.45, 7) is 0. The largest absolute Gasteiger partial charge is 0.480 e. The number of non-ortho nitro benzene ring substituents is 1. The molecule has 3 rings (SSSR count). The first-order valence-electron chi connectivity index (χ1n) is 8.65. The Kier molecular flexibility index (Phi) is 6.95. The summed E-state index contributed by atoms with van der Waals surface area (Å²) in [5.41, 5.74) is 0.625. The number of nitrogens with zero attached hydrogens (tertiary/aromatic N) is 2. The first-order chi connectivity index (χ1) is 14.3. The highest BCUT2D eigenvalue weighted by Crippen LogP contribution is 2.35. The molecule has 1 aliphatic heterocycles. The highest BCUT2D eigenvalue weighted by molar-refractivity contribution is 8.26. The van der Waals surface area contributed by atoms with E-state index in [1.54, 1.807) is 24.3 Å². The van der Waals surface area contributed by atoms with Crippen LogP contribution in [0.3, 0.4) is 0 Å². The summed E-state index contributed by atoms with van der Waals surface area (Å²) >= 11 is 7.77. The Bertz CT molecular complexity index is 1030.